The quantitative estimate of drug-likeness (QED) is 0.641. The van der Waals surface area contributed by atoms with Crippen molar-refractivity contribution in [3.8, 4) is 0 Å². The highest BCUT2D eigenvalue weighted by atomic mass is 19.4. The molecule has 3 aliphatic rings. The molecule has 190 valence electrons. The van der Waals surface area contributed by atoms with E-state index in [-0.39, 0.29) is 29.7 Å². The van der Waals surface area contributed by atoms with Crippen molar-refractivity contribution in [1.29, 1.82) is 0 Å². The molecule has 1 saturated carbocycles. The smallest absolute Gasteiger partial charge is 0.360 e. The maximum absolute atomic E-state index is 13.1. The Hall–Kier alpha value is -2.50. The van der Waals surface area contributed by atoms with Gasteiger partial charge in [-0.15, -0.1) is 0 Å². The third-order valence-corrected chi connectivity index (χ3v) is 7.27. The van der Waals surface area contributed by atoms with E-state index in [9.17, 15) is 18.0 Å². The lowest BCUT2D eigenvalue weighted by Gasteiger charge is -2.47. The van der Waals surface area contributed by atoms with E-state index >= 15 is 0 Å². The fraction of sp³-hybridized carbons (Fsp3) is 0.625. The molecule has 5 rings (SSSR count). The molecule has 1 amide bonds. The van der Waals surface area contributed by atoms with Crippen LogP contribution in [0, 0.1) is 0 Å². The first-order chi connectivity index (χ1) is 16.9. The SMILES string of the molecule is O=C(CNc1ncnc2ccc(C(F)(F)F)cc12)NC1CN([C@H]2CC[C@@H](N3CCCCO3)CC2)C1. The van der Waals surface area contributed by atoms with Gasteiger partial charge in [0.2, 0.25) is 5.91 Å². The summed E-state index contributed by atoms with van der Waals surface area (Å²) in [4.78, 5) is 28.8. The van der Waals surface area contributed by atoms with Gasteiger partial charge in [-0.3, -0.25) is 14.5 Å². The number of likely N-dealkylation sites (tertiary alicyclic amines) is 1. The van der Waals surface area contributed by atoms with Crippen LogP contribution >= 0.6 is 0 Å². The van der Waals surface area contributed by atoms with Crippen LogP contribution in [0.15, 0.2) is 24.5 Å². The Morgan fingerprint density at radius 3 is 2.57 bits per heavy atom. The summed E-state index contributed by atoms with van der Waals surface area (Å²) < 4.78 is 39.3. The molecule has 2 aliphatic heterocycles. The number of alkyl halides is 3. The molecular weight excluding hydrogens is 461 g/mol. The third-order valence-electron chi connectivity index (χ3n) is 7.27. The van der Waals surface area contributed by atoms with Gasteiger partial charge in [0.25, 0.3) is 0 Å². The molecule has 11 heteroatoms. The Labute approximate surface area is 202 Å². The molecule has 0 atom stereocenters. The second-order valence-electron chi connectivity index (χ2n) is 9.67. The average Bonchev–Trinajstić information content (AvgIpc) is 2.84. The summed E-state index contributed by atoms with van der Waals surface area (Å²) in [6.07, 6.45) is 3.75. The largest absolute Gasteiger partial charge is 0.416 e. The molecule has 3 heterocycles. The predicted molar refractivity (Wildman–Crippen MR) is 124 cm³/mol. The Morgan fingerprint density at radius 2 is 1.86 bits per heavy atom. The topological polar surface area (TPSA) is 82.6 Å². The van der Waals surface area contributed by atoms with Gasteiger partial charge in [-0.05, 0) is 56.7 Å². The van der Waals surface area contributed by atoms with E-state index in [2.05, 4.69) is 30.6 Å². The van der Waals surface area contributed by atoms with Gasteiger partial charge in [0, 0.05) is 37.1 Å². The number of amides is 1. The van der Waals surface area contributed by atoms with E-state index in [1.165, 1.54) is 18.8 Å². The summed E-state index contributed by atoms with van der Waals surface area (Å²) in [6, 6.07) is 4.47. The second kappa shape index (κ2) is 10.2. The van der Waals surface area contributed by atoms with E-state index in [0.29, 0.717) is 17.6 Å². The van der Waals surface area contributed by atoms with Gasteiger partial charge in [0.05, 0.1) is 30.3 Å². The standard InChI is InChI=1S/C24H31F3N6O2/c25-24(26,27)16-3-8-21-20(11-16)23(30-15-29-21)28-12-22(34)31-17-13-32(14-17)18-4-6-19(7-5-18)33-9-1-2-10-35-33/h3,8,11,15,17-19H,1-2,4-7,9-10,12-14H2,(H,31,34)(H,28,29,30)/t18-,19+. The summed E-state index contributed by atoms with van der Waals surface area (Å²) in [5, 5.41) is 8.30. The molecule has 35 heavy (non-hydrogen) atoms. The number of hydrogen-bond donors (Lipinski definition) is 2. The van der Waals surface area contributed by atoms with Crippen molar-refractivity contribution in [2.24, 2.45) is 0 Å². The summed E-state index contributed by atoms with van der Waals surface area (Å²) >= 11 is 0. The van der Waals surface area contributed by atoms with Crippen molar-refractivity contribution < 1.29 is 22.8 Å². The van der Waals surface area contributed by atoms with Crippen molar-refractivity contribution in [3.05, 3.63) is 30.1 Å². The number of hydroxylamine groups is 2. The molecule has 0 radical (unpaired) electrons. The Balaban J connectivity index is 1.06. The highest BCUT2D eigenvalue weighted by Gasteiger charge is 2.36. The molecule has 0 unspecified atom stereocenters. The van der Waals surface area contributed by atoms with Crippen molar-refractivity contribution in [3.63, 3.8) is 0 Å². The molecule has 2 aromatic rings. The van der Waals surface area contributed by atoms with Gasteiger partial charge < -0.3 is 10.6 Å². The lowest BCUT2D eigenvalue weighted by molar-refractivity contribution is -0.213. The van der Waals surface area contributed by atoms with Crippen molar-refractivity contribution >= 4 is 22.6 Å². The zero-order chi connectivity index (χ0) is 24.4. The van der Waals surface area contributed by atoms with E-state index in [0.717, 1.165) is 70.5 Å². The monoisotopic (exact) mass is 492 g/mol. The number of hydrogen-bond acceptors (Lipinski definition) is 7. The zero-order valence-electron chi connectivity index (χ0n) is 19.6. The van der Waals surface area contributed by atoms with Gasteiger partial charge in [-0.1, -0.05) is 0 Å². The number of halogens is 3. The molecule has 2 N–H and O–H groups in total. The molecule has 1 aliphatic carbocycles. The first-order valence-corrected chi connectivity index (χ1v) is 12.4. The van der Waals surface area contributed by atoms with E-state index in [1.807, 2.05) is 0 Å². The summed E-state index contributed by atoms with van der Waals surface area (Å²) in [6.45, 7) is 3.46. The van der Waals surface area contributed by atoms with Gasteiger partial charge in [0.15, 0.2) is 0 Å². The number of nitrogens with zero attached hydrogens (tertiary/aromatic N) is 4. The van der Waals surface area contributed by atoms with E-state index in [4.69, 9.17) is 4.84 Å². The van der Waals surface area contributed by atoms with Gasteiger partial charge in [0.1, 0.15) is 12.1 Å². The normalized spacial score (nSPS) is 24.8. The first-order valence-electron chi connectivity index (χ1n) is 12.4. The number of carbonyl (C=O) groups excluding carboxylic acids is 1. The number of carbonyl (C=O) groups is 1. The molecule has 2 saturated heterocycles. The van der Waals surface area contributed by atoms with Crippen molar-refractivity contribution in [2.75, 3.05) is 38.1 Å². The Kier molecular flexibility index (Phi) is 7.08. The third kappa shape index (κ3) is 5.68. The Bertz CT molecular complexity index is 1030. The number of rotatable bonds is 6. The molecule has 3 fully saturated rings. The summed E-state index contributed by atoms with van der Waals surface area (Å²) in [7, 11) is 0. The minimum Gasteiger partial charge on any atom is -0.360 e. The number of anilines is 1. The summed E-state index contributed by atoms with van der Waals surface area (Å²) in [5.41, 5.74) is -0.397. The van der Waals surface area contributed by atoms with E-state index in [1.54, 1.807) is 0 Å². The van der Waals surface area contributed by atoms with Crippen LogP contribution in [0.25, 0.3) is 10.9 Å². The van der Waals surface area contributed by atoms with Crippen molar-refractivity contribution in [1.82, 2.24) is 25.2 Å². The van der Waals surface area contributed by atoms with Gasteiger partial charge in [-0.25, -0.2) is 9.97 Å². The minimum atomic E-state index is -4.46. The highest BCUT2D eigenvalue weighted by Crippen LogP contribution is 2.33. The van der Waals surface area contributed by atoms with Crippen LogP contribution in [-0.4, -0.2) is 76.7 Å². The molecule has 0 bridgehead atoms. The van der Waals surface area contributed by atoms with Crippen molar-refractivity contribution in [2.45, 2.75) is 62.8 Å². The molecule has 1 aromatic heterocycles. The molecule has 1 aromatic carbocycles. The fourth-order valence-corrected chi connectivity index (χ4v) is 5.33. The molecule has 0 spiro atoms. The second-order valence-corrected chi connectivity index (χ2v) is 9.67. The van der Waals surface area contributed by atoms with Crippen LogP contribution in [0.5, 0.6) is 0 Å². The maximum atomic E-state index is 13.1. The van der Waals surface area contributed by atoms with Crippen LogP contribution < -0.4 is 10.6 Å². The minimum absolute atomic E-state index is 0.0696. The number of fused-ring (bicyclic) bond motifs is 1. The number of benzene rings is 1. The van der Waals surface area contributed by atoms with Crippen LogP contribution in [-0.2, 0) is 15.8 Å². The zero-order valence-corrected chi connectivity index (χ0v) is 19.6. The predicted octanol–water partition coefficient (Wildman–Crippen LogP) is 3.20. The van der Waals surface area contributed by atoms with E-state index < -0.39 is 11.7 Å². The number of nitrogens with one attached hydrogen (secondary N) is 2. The van der Waals surface area contributed by atoms with Crippen LogP contribution in [0.3, 0.4) is 0 Å². The average molecular weight is 493 g/mol. The van der Waals surface area contributed by atoms with Gasteiger partial charge >= 0.3 is 6.18 Å². The lowest BCUT2D eigenvalue weighted by atomic mass is 9.87. The number of aromatic nitrogens is 2. The fourth-order valence-electron chi connectivity index (χ4n) is 5.33. The maximum Gasteiger partial charge on any atom is 0.416 e. The van der Waals surface area contributed by atoms with Crippen LogP contribution in [0.4, 0.5) is 19.0 Å². The highest BCUT2D eigenvalue weighted by molar-refractivity contribution is 5.91. The lowest BCUT2D eigenvalue weighted by Crippen LogP contribution is -2.63. The molecular formula is C24H31F3N6O2. The van der Waals surface area contributed by atoms with Gasteiger partial charge in [-0.2, -0.15) is 18.2 Å². The Morgan fingerprint density at radius 1 is 1.09 bits per heavy atom. The van der Waals surface area contributed by atoms with Crippen LogP contribution in [0.2, 0.25) is 0 Å². The van der Waals surface area contributed by atoms with Crippen LogP contribution in [0.1, 0.15) is 44.1 Å². The summed E-state index contributed by atoms with van der Waals surface area (Å²) in [5.74, 6) is 0.000254. The first kappa shape index (κ1) is 24.2. The molecule has 8 nitrogen and oxygen atoms in total.